The average Bonchev–Trinajstić information content (AvgIpc) is 2.87. The van der Waals surface area contributed by atoms with Crippen molar-refractivity contribution in [3.63, 3.8) is 0 Å². The Labute approximate surface area is 206 Å². The number of ether oxygens (including phenoxy) is 3. The summed E-state index contributed by atoms with van der Waals surface area (Å²) in [5.74, 6) is 1.43. The third-order valence-corrected chi connectivity index (χ3v) is 5.06. The lowest BCUT2D eigenvalue weighted by molar-refractivity contribution is -0.112. The fraction of sp³-hybridized carbons (Fsp3) is 0.172. The molecule has 6 nitrogen and oxygen atoms in total. The van der Waals surface area contributed by atoms with Crippen LogP contribution in [0.3, 0.4) is 0 Å². The minimum Gasteiger partial charge on any atom is -0.493 e. The minimum absolute atomic E-state index is 0.00180. The van der Waals surface area contributed by atoms with Gasteiger partial charge in [-0.25, -0.2) is 0 Å². The molecule has 6 heteroatoms. The molecule has 0 heterocycles. The highest BCUT2D eigenvalue weighted by Gasteiger charge is 2.10. The smallest absolute Gasteiger partial charge is 0.266 e. The van der Waals surface area contributed by atoms with E-state index < -0.39 is 5.91 Å². The van der Waals surface area contributed by atoms with Crippen LogP contribution >= 0.6 is 0 Å². The molecule has 0 saturated heterocycles. The molecule has 0 radical (unpaired) electrons. The number of nitrogens with one attached hydrogen (secondary N) is 1. The number of carbonyl (C=O) groups is 1. The summed E-state index contributed by atoms with van der Waals surface area (Å²) < 4.78 is 17.0. The molecule has 0 aliphatic rings. The van der Waals surface area contributed by atoms with E-state index in [1.165, 1.54) is 6.08 Å². The van der Waals surface area contributed by atoms with Crippen molar-refractivity contribution < 1.29 is 19.0 Å². The average molecular weight is 469 g/mol. The molecule has 0 saturated carbocycles. The zero-order chi connectivity index (χ0) is 25.0. The lowest BCUT2D eigenvalue weighted by Crippen LogP contribution is -2.13. The minimum atomic E-state index is -0.468. The van der Waals surface area contributed by atoms with Crippen LogP contribution in [0.5, 0.6) is 17.2 Å². The van der Waals surface area contributed by atoms with Crippen molar-refractivity contribution in [2.24, 2.45) is 0 Å². The predicted molar refractivity (Wildman–Crippen MR) is 138 cm³/mol. The first-order chi connectivity index (χ1) is 17.0. The molecule has 3 aromatic rings. The van der Waals surface area contributed by atoms with E-state index in [0.717, 1.165) is 17.5 Å². The number of carbonyl (C=O) groups excluding carboxylic acids is 1. The molecule has 0 aliphatic carbocycles. The molecule has 3 rings (SSSR count). The number of benzene rings is 3. The summed E-state index contributed by atoms with van der Waals surface area (Å²) in [5.41, 5.74) is 3.48. The van der Waals surface area contributed by atoms with Crippen molar-refractivity contribution in [1.82, 2.24) is 0 Å². The van der Waals surface area contributed by atoms with Crippen molar-refractivity contribution in [3.8, 4) is 23.3 Å². The molecule has 0 bridgehead atoms. The topological polar surface area (TPSA) is 80.6 Å². The monoisotopic (exact) mass is 468 g/mol. The molecule has 0 atom stereocenters. The molecule has 0 aromatic heterocycles. The quantitative estimate of drug-likeness (QED) is 0.168. The van der Waals surface area contributed by atoms with Crippen LogP contribution in [-0.4, -0.2) is 26.2 Å². The van der Waals surface area contributed by atoms with Crippen LogP contribution in [-0.2, 0) is 11.2 Å². The number of nitriles is 1. The number of aryl methyl sites for hydroxylation is 1. The molecule has 1 N–H and O–H groups in total. The van der Waals surface area contributed by atoms with Crippen molar-refractivity contribution >= 4 is 17.7 Å². The fourth-order valence-corrected chi connectivity index (χ4v) is 3.28. The van der Waals surface area contributed by atoms with E-state index in [4.69, 9.17) is 14.2 Å². The highest BCUT2D eigenvalue weighted by molar-refractivity contribution is 6.09. The maximum Gasteiger partial charge on any atom is 0.266 e. The van der Waals surface area contributed by atoms with Gasteiger partial charge in [-0.3, -0.25) is 4.79 Å². The number of hydrogen-bond acceptors (Lipinski definition) is 5. The van der Waals surface area contributed by atoms with Crippen molar-refractivity contribution in [1.29, 1.82) is 5.26 Å². The number of methoxy groups -OCH3 is 1. The first-order valence-electron chi connectivity index (χ1n) is 11.2. The molecule has 178 valence electrons. The summed E-state index contributed by atoms with van der Waals surface area (Å²) in [6, 6.07) is 22.3. The van der Waals surface area contributed by atoms with Gasteiger partial charge in [0.05, 0.1) is 7.11 Å². The number of rotatable bonds is 11. The first kappa shape index (κ1) is 25.1. The second kappa shape index (κ2) is 12.7. The van der Waals surface area contributed by atoms with Crippen LogP contribution in [0.15, 0.2) is 85.0 Å². The Morgan fingerprint density at radius 1 is 1.03 bits per heavy atom. The maximum atomic E-state index is 12.5. The van der Waals surface area contributed by atoms with Crippen molar-refractivity contribution in [3.05, 3.63) is 102 Å². The van der Waals surface area contributed by atoms with Gasteiger partial charge in [-0.05, 0) is 66.9 Å². The molecular formula is C29H28N2O4. The number of amides is 1. The van der Waals surface area contributed by atoms with Gasteiger partial charge in [-0.1, -0.05) is 42.0 Å². The van der Waals surface area contributed by atoms with E-state index in [-0.39, 0.29) is 5.57 Å². The molecule has 35 heavy (non-hydrogen) atoms. The van der Waals surface area contributed by atoms with Gasteiger partial charge >= 0.3 is 0 Å². The van der Waals surface area contributed by atoms with Gasteiger partial charge in [-0.15, -0.1) is 6.58 Å². The normalized spacial score (nSPS) is 10.7. The van der Waals surface area contributed by atoms with Gasteiger partial charge in [0.1, 0.15) is 30.6 Å². The van der Waals surface area contributed by atoms with Crippen LogP contribution in [0.4, 0.5) is 5.69 Å². The van der Waals surface area contributed by atoms with Crippen molar-refractivity contribution in [2.45, 2.75) is 13.3 Å². The second-order valence-electron chi connectivity index (χ2n) is 7.74. The molecule has 0 fully saturated rings. The Morgan fingerprint density at radius 2 is 1.80 bits per heavy atom. The van der Waals surface area contributed by atoms with E-state index in [9.17, 15) is 10.1 Å². The lowest BCUT2D eigenvalue weighted by atomic mass is 10.1. The van der Waals surface area contributed by atoms with E-state index in [0.29, 0.717) is 41.7 Å². The molecule has 0 unspecified atom stereocenters. The summed E-state index contributed by atoms with van der Waals surface area (Å²) in [5, 5.41) is 12.2. The summed E-state index contributed by atoms with van der Waals surface area (Å²) >= 11 is 0. The van der Waals surface area contributed by atoms with E-state index in [1.54, 1.807) is 43.5 Å². The van der Waals surface area contributed by atoms with Gasteiger partial charge in [0.25, 0.3) is 5.91 Å². The Bertz CT molecular complexity index is 1240. The molecule has 0 aliphatic heterocycles. The van der Waals surface area contributed by atoms with Gasteiger partial charge in [0.2, 0.25) is 0 Å². The van der Waals surface area contributed by atoms with Gasteiger partial charge in [0.15, 0.2) is 11.5 Å². The zero-order valence-electron chi connectivity index (χ0n) is 19.9. The Balaban J connectivity index is 1.58. The highest BCUT2D eigenvalue weighted by atomic mass is 16.5. The van der Waals surface area contributed by atoms with Crippen LogP contribution in [0.1, 0.15) is 16.7 Å². The van der Waals surface area contributed by atoms with Crippen LogP contribution in [0.2, 0.25) is 0 Å². The number of hydrogen-bond donors (Lipinski definition) is 1. The fourth-order valence-electron chi connectivity index (χ4n) is 3.28. The number of nitrogens with zero attached hydrogens (tertiary/aromatic N) is 1. The van der Waals surface area contributed by atoms with Crippen molar-refractivity contribution in [2.75, 3.05) is 25.6 Å². The lowest BCUT2D eigenvalue weighted by Gasteiger charge is -2.12. The van der Waals surface area contributed by atoms with Gasteiger partial charge in [-0.2, -0.15) is 5.26 Å². The number of allylic oxidation sites excluding steroid dienone is 1. The highest BCUT2D eigenvalue weighted by Crippen LogP contribution is 2.28. The molecule has 3 aromatic carbocycles. The maximum absolute atomic E-state index is 12.5. The van der Waals surface area contributed by atoms with E-state index in [1.807, 2.05) is 49.4 Å². The van der Waals surface area contributed by atoms with E-state index >= 15 is 0 Å². The van der Waals surface area contributed by atoms with Crippen LogP contribution < -0.4 is 19.5 Å². The molecule has 0 spiro atoms. The summed E-state index contributed by atoms with van der Waals surface area (Å²) in [7, 11) is 1.60. The number of anilines is 1. The first-order valence-corrected chi connectivity index (χ1v) is 11.2. The van der Waals surface area contributed by atoms with E-state index in [2.05, 4.69) is 11.9 Å². The Morgan fingerprint density at radius 3 is 2.51 bits per heavy atom. The van der Waals surface area contributed by atoms with Gasteiger partial charge < -0.3 is 19.5 Å². The third-order valence-electron chi connectivity index (χ3n) is 5.06. The molecular weight excluding hydrogens is 440 g/mol. The Hall–Kier alpha value is -4.50. The molecule has 1 amide bonds. The summed E-state index contributed by atoms with van der Waals surface area (Å²) in [6.07, 6.45) is 4.12. The van der Waals surface area contributed by atoms with Gasteiger partial charge in [0, 0.05) is 5.69 Å². The summed E-state index contributed by atoms with van der Waals surface area (Å²) in [6.45, 7) is 6.34. The zero-order valence-corrected chi connectivity index (χ0v) is 19.9. The Kier molecular flexibility index (Phi) is 9.09. The standard InChI is InChI=1S/C29H28N2O4/c1-4-6-22-11-14-27(28(19-22)33-3)35-16-15-34-26-8-5-7-23(18-26)17-24(20-30)29(32)31-25-12-9-21(2)10-13-25/h4-5,7-14,17-19H,1,6,15-16H2,2-3H3,(H,31,32). The van der Waals surface area contributed by atoms with Crippen LogP contribution in [0, 0.1) is 18.3 Å². The van der Waals surface area contributed by atoms with Crippen LogP contribution in [0.25, 0.3) is 6.08 Å². The largest absolute Gasteiger partial charge is 0.493 e. The SMILES string of the molecule is C=CCc1ccc(OCCOc2cccc(C=C(C#N)C(=O)Nc3ccc(C)cc3)c2)c(OC)c1. The second-order valence-corrected chi connectivity index (χ2v) is 7.74. The summed E-state index contributed by atoms with van der Waals surface area (Å²) in [4.78, 5) is 12.5. The third kappa shape index (κ3) is 7.51. The predicted octanol–water partition coefficient (Wildman–Crippen LogP) is 5.74.